The first-order valence-corrected chi connectivity index (χ1v) is 7.02. The van der Waals surface area contributed by atoms with Crippen molar-refractivity contribution in [2.75, 3.05) is 5.73 Å². The van der Waals surface area contributed by atoms with E-state index in [1.165, 1.54) is 0 Å². The largest absolute Gasteiger partial charge is 0.399 e. The molecule has 0 fully saturated rings. The fourth-order valence-corrected chi connectivity index (χ4v) is 2.53. The maximum atomic E-state index is 12.4. The average Bonchev–Trinajstić information content (AvgIpc) is 2.85. The number of nitrogen functional groups attached to an aromatic ring is 1. The molecule has 4 nitrogen and oxygen atoms in total. The van der Waals surface area contributed by atoms with E-state index in [0.29, 0.717) is 11.3 Å². The number of Topliss-reactive ketones (excluding diaryl/α,β-unsaturated/α-hetero) is 1. The first-order valence-electron chi connectivity index (χ1n) is 7.02. The molecule has 3 rings (SSSR count). The lowest BCUT2D eigenvalue weighted by molar-refractivity contribution is 0.0992. The number of para-hydroxylation sites is 1. The molecule has 0 bridgehead atoms. The Morgan fingerprint density at radius 2 is 2.00 bits per heavy atom. The first-order chi connectivity index (χ1) is 10.2. The van der Waals surface area contributed by atoms with Crippen molar-refractivity contribution in [1.82, 2.24) is 9.78 Å². The van der Waals surface area contributed by atoms with Crippen LogP contribution in [0.15, 0.2) is 48.5 Å². The lowest BCUT2D eigenvalue weighted by Crippen LogP contribution is -2.06. The molecule has 106 valence electrons. The lowest BCUT2D eigenvalue weighted by Gasteiger charge is -2.01. The van der Waals surface area contributed by atoms with Crippen molar-refractivity contribution < 1.29 is 4.79 Å². The molecule has 3 aromatic rings. The smallest absolute Gasteiger partial charge is 0.168 e. The van der Waals surface area contributed by atoms with E-state index in [1.54, 1.807) is 24.3 Å². The highest BCUT2D eigenvalue weighted by Gasteiger charge is 2.14. The minimum Gasteiger partial charge on any atom is -0.399 e. The molecule has 0 aliphatic heterocycles. The van der Waals surface area contributed by atoms with E-state index in [0.717, 1.165) is 23.1 Å². The third kappa shape index (κ3) is 2.52. The average molecular weight is 279 g/mol. The third-order valence-electron chi connectivity index (χ3n) is 3.57. The molecule has 0 aliphatic rings. The van der Waals surface area contributed by atoms with Crippen LogP contribution in [0.2, 0.25) is 0 Å². The Morgan fingerprint density at radius 1 is 1.19 bits per heavy atom. The molecule has 1 heterocycles. The summed E-state index contributed by atoms with van der Waals surface area (Å²) < 4.78 is 1.93. The Morgan fingerprint density at radius 3 is 2.76 bits per heavy atom. The second kappa shape index (κ2) is 5.40. The van der Waals surface area contributed by atoms with E-state index in [2.05, 4.69) is 5.10 Å². The fourth-order valence-electron chi connectivity index (χ4n) is 2.53. The number of nitrogens with zero attached hydrogens (tertiary/aromatic N) is 2. The molecule has 21 heavy (non-hydrogen) atoms. The lowest BCUT2D eigenvalue weighted by atomic mass is 10.0. The second-order valence-corrected chi connectivity index (χ2v) is 5.01. The van der Waals surface area contributed by atoms with Gasteiger partial charge in [0.25, 0.3) is 0 Å². The van der Waals surface area contributed by atoms with Crippen LogP contribution in [0.3, 0.4) is 0 Å². The summed E-state index contributed by atoms with van der Waals surface area (Å²) in [7, 11) is 0. The zero-order valence-electron chi connectivity index (χ0n) is 11.9. The number of aromatic nitrogens is 2. The standard InChI is InChI=1S/C17H17N3O/c1-2-20-16-9-4-3-8-14(16)15(19-20)11-17(21)12-6-5-7-13(18)10-12/h3-10H,2,11,18H2,1H3. The molecule has 0 radical (unpaired) electrons. The maximum Gasteiger partial charge on any atom is 0.168 e. The molecule has 0 saturated heterocycles. The van der Waals surface area contributed by atoms with Crippen molar-refractivity contribution in [3.8, 4) is 0 Å². The van der Waals surface area contributed by atoms with Crippen molar-refractivity contribution in [3.63, 3.8) is 0 Å². The summed E-state index contributed by atoms with van der Waals surface area (Å²) in [5, 5.41) is 5.60. The number of benzene rings is 2. The van der Waals surface area contributed by atoms with Gasteiger partial charge in [-0.05, 0) is 25.1 Å². The molecule has 1 aromatic heterocycles. The van der Waals surface area contributed by atoms with Crippen LogP contribution in [0.5, 0.6) is 0 Å². The van der Waals surface area contributed by atoms with E-state index in [-0.39, 0.29) is 12.2 Å². The van der Waals surface area contributed by atoms with E-state index in [1.807, 2.05) is 35.9 Å². The Kier molecular flexibility index (Phi) is 3.44. The highest BCUT2D eigenvalue weighted by molar-refractivity contribution is 6.00. The molecule has 0 aliphatic carbocycles. The number of anilines is 1. The number of carbonyl (C=O) groups is 1. The highest BCUT2D eigenvalue weighted by Crippen LogP contribution is 2.20. The second-order valence-electron chi connectivity index (χ2n) is 5.01. The third-order valence-corrected chi connectivity index (χ3v) is 3.57. The van der Waals surface area contributed by atoms with Gasteiger partial charge in [0.2, 0.25) is 0 Å². The summed E-state index contributed by atoms with van der Waals surface area (Å²) in [6.45, 7) is 2.83. The SMILES string of the molecule is CCn1nc(CC(=O)c2cccc(N)c2)c2ccccc21. The number of hydrogen-bond donors (Lipinski definition) is 1. The molecular formula is C17H17N3O. The van der Waals surface area contributed by atoms with Crippen LogP contribution in [-0.4, -0.2) is 15.6 Å². The monoisotopic (exact) mass is 279 g/mol. The minimum atomic E-state index is 0.0359. The number of carbonyl (C=O) groups excluding carboxylic acids is 1. The molecule has 4 heteroatoms. The van der Waals surface area contributed by atoms with E-state index >= 15 is 0 Å². The van der Waals surface area contributed by atoms with Crippen LogP contribution in [0.1, 0.15) is 23.0 Å². The number of ketones is 1. The van der Waals surface area contributed by atoms with Gasteiger partial charge in [0, 0.05) is 23.2 Å². The molecule has 0 spiro atoms. The van der Waals surface area contributed by atoms with Crippen LogP contribution in [0.4, 0.5) is 5.69 Å². The summed E-state index contributed by atoms with van der Waals surface area (Å²) in [6.07, 6.45) is 0.289. The summed E-state index contributed by atoms with van der Waals surface area (Å²) in [5.41, 5.74) is 8.85. The number of aryl methyl sites for hydroxylation is 1. The van der Waals surface area contributed by atoms with Crippen LogP contribution in [0, 0.1) is 0 Å². The number of nitrogens with two attached hydrogens (primary N) is 1. The van der Waals surface area contributed by atoms with Crippen LogP contribution < -0.4 is 5.73 Å². The van der Waals surface area contributed by atoms with Gasteiger partial charge in [-0.3, -0.25) is 9.48 Å². The Hall–Kier alpha value is -2.62. The quantitative estimate of drug-likeness (QED) is 0.589. The van der Waals surface area contributed by atoms with E-state index < -0.39 is 0 Å². The molecular weight excluding hydrogens is 262 g/mol. The first kappa shape index (κ1) is 13.4. The van der Waals surface area contributed by atoms with Gasteiger partial charge in [-0.1, -0.05) is 30.3 Å². The van der Waals surface area contributed by atoms with Gasteiger partial charge in [-0.2, -0.15) is 5.10 Å². The van der Waals surface area contributed by atoms with Gasteiger partial charge >= 0.3 is 0 Å². The van der Waals surface area contributed by atoms with Crippen molar-refractivity contribution in [3.05, 3.63) is 59.8 Å². The van der Waals surface area contributed by atoms with Gasteiger partial charge in [0.05, 0.1) is 17.6 Å². The van der Waals surface area contributed by atoms with Gasteiger partial charge in [0.15, 0.2) is 5.78 Å². The summed E-state index contributed by atoms with van der Waals surface area (Å²) in [6, 6.07) is 15.1. The van der Waals surface area contributed by atoms with Crippen LogP contribution in [-0.2, 0) is 13.0 Å². The molecule has 0 atom stereocenters. The summed E-state index contributed by atoms with van der Waals surface area (Å²) >= 11 is 0. The summed E-state index contributed by atoms with van der Waals surface area (Å²) in [5.74, 6) is 0.0359. The highest BCUT2D eigenvalue weighted by atomic mass is 16.1. The normalized spacial score (nSPS) is 10.9. The Bertz CT molecular complexity index is 805. The van der Waals surface area contributed by atoms with Gasteiger partial charge in [0.1, 0.15) is 0 Å². The zero-order valence-corrected chi connectivity index (χ0v) is 11.9. The number of hydrogen-bond acceptors (Lipinski definition) is 3. The predicted octanol–water partition coefficient (Wildman–Crippen LogP) is 3.06. The van der Waals surface area contributed by atoms with Gasteiger partial charge < -0.3 is 5.73 Å². The predicted molar refractivity (Wildman–Crippen MR) is 84.3 cm³/mol. The van der Waals surface area contributed by atoms with Crippen LogP contribution in [0.25, 0.3) is 10.9 Å². The van der Waals surface area contributed by atoms with Gasteiger partial charge in [-0.25, -0.2) is 0 Å². The summed E-state index contributed by atoms with van der Waals surface area (Å²) in [4.78, 5) is 12.4. The number of fused-ring (bicyclic) bond motifs is 1. The maximum absolute atomic E-state index is 12.4. The van der Waals surface area contributed by atoms with Crippen LogP contribution >= 0.6 is 0 Å². The van der Waals surface area contributed by atoms with Gasteiger partial charge in [-0.15, -0.1) is 0 Å². The fraction of sp³-hybridized carbons (Fsp3) is 0.176. The Balaban J connectivity index is 1.97. The minimum absolute atomic E-state index is 0.0359. The van der Waals surface area contributed by atoms with E-state index in [9.17, 15) is 4.79 Å². The van der Waals surface area contributed by atoms with Crippen molar-refractivity contribution >= 4 is 22.4 Å². The Labute approximate surface area is 123 Å². The number of rotatable bonds is 4. The van der Waals surface area contributed by atoms with E-state index in [4.69, 9.17) is 5.73 Å². The van der Waals surface area contributed by atoms with Crippen molar-refractivity contribution in [2.24, 2.45) is 0 Å². The molecule has 0 amide bonds. The van der Waals surface area contributed by atoms with Crippen molar-refractivity contribution in [2.45, 2.75) is 19.9 Å². The zero-order chi connectivity index (χ0) is 14.8. The molecule has 0 unspecified atom stereocenters. The van der Waals surface area contributed by atoms with Crippen molar-refractivity contribution in [1.29, 1.82) is 0 Å². The molecule has 0 saturated carbocycles. The molecule has 2 aromatic carbocycles. The topological polar surface area (TPSA) is 60.9 Å². The molecule has 2 N–H and O–H groups in total.